The number of pyridine rings is 1. The Labute approximate surface area is 196 Å². The predicted molar refractivity (Wildman–Crippen MR) is 130 cm³/mol. The lowest BCUT2D eigenvalue weighted by atomic mass is 9.91. The standard InChI is InChI=1S/C26H23N3O4S/c1-16-8-10-17(11-9-16)34(32,33)29-13-12-18-19(15-27(2)24(30)23(18)29)21-14-26(21)20-6-4-5-7-22(20)28(3)25(26)31/h4-13,15,21H,14H2,1-3H3/t21-,26-/m0/s1. The number of carbonyl (C=O) groups is 1. The first kappa shape index (κ1) is 20.9. The first-order valence-electron chi connectivity index (χ1n) is 11.1. The van der Waals surface area contributed by atoms with Gasteiger partial charge >= 0.3 is 0 Å². The van der Waals surface area contributed by atoms with Crippen LogP contribution in [0.5, 0.6) is 0 Å². The molecule has 172 valence electrons. The first-order valence-corrected chi connectivity index (χ1v) is 12.5. The largest absolute Gasteiger partial charge is 0.316 e. The maximum absolute atomic E-state index is 13.4. The molecule has 4 aromatic rings. The first-order chi connectivity index (χ1) is 16.2. The van der Waals surface area contributed by atoms with E-state index in [1.807, 2.05) is 31.2 Å². The molecule has 1 saturated carbocycles. The summed E-state index contributed by atoms with van der Waals surface area (Å²) in [6, 6.07) is 16.0. The lowest BCUT2D eigenvalue weighted by Crippen LogP contribution is -2.29. The van der Waals surface area contributed by atoms with Crippen LogP contribution >= 0.6 is 0 Å². The third-order valence-corrected chi connectivity index (χ3v) is 9.06. The molecular formula is C26H23N3O4S. The lowest BCUT2D eigenvalue weighted by molar-refractivity contribution is -0.120. The van der Waals surface area contributed by atoms with Crippen LogP contribution in [-0.2, 0) is 27.3 Å². The van der Waals surface area contributed by atoms with Crippen molar-refractivity contribution in [1.29, 1.82) is 0 Å². The number of para-hydroxylation sites is 1. The average molecular weight is 474 g/mol. The Balaban J connectivity index is 1.54. The number of rotatable bonds is 3. The van der Waals surface area contributed by atoms with Crippen LogP contribution in [0.3, 0.4) is 0 Å². The van der Waals surface area contributed by atoms with E-state index in [-0.39, 0.29) is 22.2 Å². The van der Waals surface area contributed by atoms with Crippen molar-refractivity contribution in [3.05, 3.63) is 94.0 Å². The molecule has 2 aromatic carbocycles. The number of hydrogen-bond acceptors (Lipinski definition) is 4. The Kier molecular flexibility index (Phi) is 4.12. The number of anilines is 1. The highest BCUT2D eigenvalue weighted by molar-refractivity contribution is 7.90. The van der Waals surface area contributed by atoms with Crippen molar-refractivity contribution < 1.29 is 13.2 Å². The highest BCUT2D eigenvalue weighted by Crippen LogP contribution is 2.66. The smallest absolute Gasteiger partial charge is 0.275 e. The van der Waals surface area contributed by atoms with Gasteiger partial charge in [-0.25, -0.2) is 12.4 Å². The summed E-state index contributed by atoms with van der Waals surface area (Å²) in [7, 11) is -0.566. The summed E-state index contributed by atoms with van der Waals surface area (Å²) in [5, 5.41) is 0.570. The van der Waals surface area contributed by atoms with Crippen molar-refractivity contribution >= 4 is 32.5 Å². The third-order valence-electron chi connectivity index (χ3n) is 7.37. The van der Waals surface area contributed by atoms with E-state index in [0.29, 0.717) is 11.8 Å². The van der Waals surface area contributed by atoms with Gasteiger partial charge in [0, 0.05) is 43.5 Å². The molecule has 1 amide bonds. The summed E-state index contributed by atoms with van der Waals surface area (Å²) in [5.41, 5.74) is 2.68. The molecular weight excluding hydrogens is 450 g/mol. The van der Waals surface area contributed by atoms with Crippen molar-refractivity contribution in [2.45, 2.75) is 29.6 Å². The average Bonchev–Trinajstić information content (AvgIpc) is 3.34. The fourth-order valence-corrected chi connectivity index (χ4v) is 6.85. The second-order valence-electron chi connectivity index (χ2n) is 9.30. The summed E-state index contributed by atoms with van der Waals surface area (Å²) in [5.74, 6) is -0.106. The van der Waals surface area contributed by atoms with Gasteiger partial charge in [0.1, 0.15) is 5.52 Å². The molecule has 1 fully saturated rings. The molecule has 7 nitrogen and oxygen atoms in total. The Morgan fingerprint density at radius 1 is 0.971 bits per heavy atom. The van der Waals surface area contributed by atoms with Gasteiger partial charge in [-0.3, -0.25) is 9.59 Å². The lowest BCUT2D eigenvalue weighted by Gasteiger charge is -2.13. The van der Waals surface area contributed by atoms with Crippen molar-refractivity contribution in [3.63, 3.8) is 0 Å². The number of amides is 1. The van der Waals surface area contributed by atoms with E-state index >= 15 is 0 Å². The number of aromatic nitrogens is 2. The summed E-state index contributed by atoms with van der Waals surface area (Å²) in [4.78, 5) is 28.3. The molecule has 2 atom stereocenters. The Hall–Kier alpha value is -3.65. The maximum Gasteiger partial charge on any atom is 0.275 e. The van der Waals surface area contributed by atoms with Crippen LogP contribution in [0, 0.1) is 6.92 Å². The van der Waals surface area contributed by atoms with E-state index in [2.05, 4.69) is 0 Å². The second kappa shape index (κ2) is 6.70. The van der Waals surface area contributed by atoms with Crippen molar-refractivity contribution in [2.75, 3.05) is 11.9 Å². The van der Waals surface area contributed by atoms with E-state index < -0.39 is 21.0 Å². The number of hydrogen-bond donors (Lipinski definition) is 0. The quantitative estimate of drug-likeness (QED) is 0.457. The van der Waals surface area contributed by atoms with Gasteiger partial charge in [-0.2, -0.15) is 0 Å². The normalized spacial score (nSPS) is 21.4. The van der Waals surface area contributed by atoms with Crippen LogP contribution < -0.4 is 10.5 Å². The van der Waals surface area contributed by atoms with Gasteiger partial charge in [0.15, 0.2) is 0 Å². The van der Waals surface area contributed by atoms with Crippen molar-refractivity contribution in [2.24, 2.45) is 7.05 Å². The minimum Gasteiger partial charge on any atom is -0.316 e. The van der Waals surface area contributed by atoms with Crippen LogP contribution in [0.1, 0.15) is 29.0 Å². The Bertz CT molecular complexity index is 1680. The van der Waals surface area contributed by atoms with Gasteiger partial charge in [0.05, 0.1) is 10.3 Å². The van der Waals surface area contributed by atoms with Gasteiger partial charge in [-0.1, -0.05) is 35.9 Å². The second-order valence-corrected chi connectivity index (χ2v) is 11.1. The van der Waals surface area contributed by atoms with E-state index in [1.165, 1.54) is 10.8 Å². The number of aryl methyl sites for hydroxylation is 2. The van der Waals surface area contributed by atoms with Crippen LogP contribution in [-0.4, -0.2) is 29.9 Å². The monoisotopic (exact) mass is 473 g/mol. The Morgan fingerprint density at radius 2 is 1.68 bits per heavy atom. The molecule has 0 bridgehead atoms. The molecule has 0 saturated heterocycles. The molecule has 1 aliphatic carbocycles. The molecule has 1 aliphatic heterocycles. The molecule has 34 heavy (non-hydrogen) atoms. The zero-order valence-electron chi connectivity index (χ0n) is 19.0. The zero-order valence-corrected chi connectivity index (χ0v) is 19.8. The number of carbonyl (C=O) groups excluding carboxylic acids is 1. The predicted octanol–water partition coefficient (Wildman–Crippen LogP) is 3.29. The molecule has 0 unspecified atom stereocenters. The topological polar surface area (TPSA) is 81.4 Å². The summed E-state index contributed by atoms with van der Waals surface area (Å²) in [6.45, 7) is 1.88. The van der Waals surface area contributed by atoms with E-state index in [0.717, 1.165) is 26.4 Å². The van der Waals surface area contributed by atoms with Crippen LogP contribution in [0.15, 0.2) is 76.7 Å². The van der Waals surface area contributed by atoms with Gasteiger partial charge in [-0.15, -0.1) is 0 Å². The molecule has 6 rings (SSSR count). The molecule has 2 aliphatic rings. The highest BCUT2D eigenvalue weighted by Gasteiger charge is 2.67. The number of benzene rings is 2. The summed E-state index contributed by atoms with van der Waals surface area (Å²) < 4.78 is 29.4. The maximum atomic E-state index is 13.4. The number of fused-ring (bicyclic) bond motifs is 3. The molecule has 2 aromatic heterocycles. The zero-order chi connectivity index (χ0) is 24.0. The number of likely N-dealkylation sites (N-methyl/N-ethyl adjacent to an activating group) is 1. The van der Waals surface area contributed by atoms with Crippen LogP contribution in [0.4, 0.5) is 5.69 Å². The molecule has 8 heteroatoms. The van der Waals surface area contributed by atoms with Crippen molar-refractivity contribution in [1.82, 2.24) is 8.54 Å². The van der Waals surface area contributed by atoms with Gasteiger partial charge < -0.3 is 9.47 Å². The van der Waals surface area contributed by atoms with Crippen LogP contribution in [0.2, 0.25) is 0 Å². The summed E-state index contributed by atoms with van der Waals surface area (Å²) in [6.07, 6.45) is 3.81. The third kappa shape index (κ3) is 2.54. The molecule has 3 heterocycles. The Morgan fingerprint density at radius 3 is 2.41 bits per heavy atom. The van der Waals surface area contributed by atoms with Crippen molar-refractivity contribution in [3.8, 4) is 0 Å². The fourth-order valence-electron chi connectivity index (χ4n) is 5.50. The summed E-state index contributed by atoms with van der Waals surface area (Å²) >= 11 is 0. The van der Waals surface area contributed by atoms with E-state index in [1.54, 1.807) is 55.5 Å². The van der Waals surface area contributed by atoms with Gasteiger partial charge in [-0.05, 0) is 48.7 Å². The SMILES string of the molecule is Cc1ccc(S(=O)(=O)n2ccc3c([C@@H]4C[C@@]45C(=O)N(C)c4ccccc45)cn(C)c(=O)c32)cc1. The fraction of sp³-hybridized carbons (Fsp3) is 0.231. The minimum absolute atomic E-state index is 0.0346. The minimum atomic E-state index is -3.97. The van der Waals surface area contributed by atoms with Gasteiger partial charge in [0.2, 0.25) is 5.91 Å². The van der Waals surface area contributed by atoms with E-state index in [4.69, 9.17) is 0 Å². The molecule has 1 spiro atoms. The molecule has 0 radical (unpaired) electrons. The van der Waals surface area contributed by atoms with E-state index in [9.17, 15) is 18.0 Å². The molecule has 0 N–H and O–H groups in total. The number of nitrogens with zero attached hydrogens (tertiary/aromatic N) is 3. The highest BCUT2D eigenvalue weighted by atomic mass is 32.2. The van der Waals surface area contributed by atoms with Crippen LogP contribution in [0.25, 0.3) is 10.9 Å². The van der Waals surface area contributed by atoms with Gasteiger partial charge in [0.25, 0.3) is 15.6 Å².